The second-order valence-electron chi connectivity index (χ2n) is 5.36. The molecule has 0 fully saturated rings. The Morgan fingerprint density at radius 3 is 2.89 bits per heavy atom. The Hall–Kier alpha value is -3.27. The summed E-state index contributed by atoms with van der Waals surface area (Å²) in [4.78, 5) is 20.1. The summed E-state index contributed by atoms with van der Waals surface area (Å²) in [5, 5.41) is 13.9. The Morgan fingerprint density at radius 2 is 2.11 bits per heavy atom. The Kier molecular flexibility index (Phi) is 6.10. The lowest BCUT2D eigenvalue weighted by Gasteiger charge is -2.03. The average molecular weight is 385 g/mol. The molecule has 27 heavy (non-hydrogen) atoms. The molecule has 3 rings (SSSR count). The van der Waals surface area contributed by atoms with E-state index in [-0.39, 0.29) is 11.7 Å². The molecule has 0 atom stereocenters. The Labute approximate surface area is 158 Å². The SMILES string of the molecule is C/C(=N\Nc1nc(SCC(=O)Nc2cccc(F)c2)n[nH]1)c1ccncc1. The highest BCUT2D eigenvalue weighted by molar-refractivity contribution is 7.99. The van der Waals surface area contributed by atoms with Gasteiger partial charge in [0.1, 0.15) is 5.82 Å². The minimum Gasteiger partial charge on any atom is -0.325 e. The van der Waals surface area contributed by atoms with Crippen molar-refractivity contribution in [3.8, 4) is 0 Å². The summed E-state index contributed by atoms with van der Waals surface area (Å²) in [5.41, 5.74) is 4.87. The van der Waals surface area contributed by atoms with Gasteiger partial charge in [0.2, 0.25) is 17.0 Å². The van der Waals surface area contributed by atoms with Gasteiger partial charge in [0.25, 0.3) is 0 Å². The number of nitrogens with one attached hydrogen (secondary N) is 3. The van der Waals surface area contributed by atoms with Crippen molar-refractivity contribution >= 4 is 35.0 Å². The van der Waals surface area contributed by atoms with E-state index in [1.807, 2.05) is 19.1 Å². The molecule has 138 valence electrons. The summed E-state index contributed by atoms with van der Waals surface area (Å²) in [5.74, 6) is -0.242. The van der Waals surface area contributed by atoms with Gasteiger partial charge in [-0.3, -0.25) is 9.78 Å². The largest absolute Gasteiger partial charge is 0.325 e. The predicted molar refractivity (Wildman–Crippen MR) is 102 cm³/mol. The second kappa shape index (κ2) is 8.90. The molecule has 0 aliphatic heterocycles. The summed E-state index contributed by atoms with van der Waals surface area (Å²) in [6.45, 7) is 1.85. The van der Waals surface area contributed by atoms with Gasteiger partial charge >= 0.3 is 0 Å². The van der Waals surface area contributed by atoms with Gasteiger partial charge in [-0.25, -0.2) is 14.9 Å². The number of benzene rings is 1. The molecule has 0 saturated carbocycles. The second-order valence-corrected chi connectivity index (χ2v) is 6.30. The zero-order chi connectivity index (χ0) is 19.1. The smallest absolute Gasteiger partial charge is 0.240 e. The topological polar surface area (TPSA) is 108 Å². The number of H-pyrrole nitrogens is 1. The standard InChI is InChI=1S/C17H16FN7OS/c1-11(12-5-7-19-8-6-12)22-23-16-21-17(25-24-16)27-10-15(26)20-14-4-2-3-13(18)9-14/h2-9H,10H2,1H3,(H,20,26)(H2,21,23,24,25)/b22-11+. The zero-order valence-corrected chi connectivity index (χ0v) is 15.1. The fourth-order valence-electron chi connectivity index (χ4n) is 2.05. The van der Waals surface area contributed by atoms with Gasteiger partial charge in [-0.15, -0.1) is 5.10 Å². The first-order valence-electron chi connectivity index (χ1n) is 7.91. The number of aromatic nitrogens is 4. The Morgan fingerprint density at radius 1 is 1.30 bits per heavy atom. The quantitative estimate of drug-likeness (QED) is 0.328. The van der Waals surface area contributed by atoms with Crippen molar-refractivity contribution < 1.29 is 9.18 Å². The lowest BCUT2D eigenvalue weighted by atomic mass is 10.2. The third-order valence-corrected chi connectivity index (χ3v) is 4.18. The van der Waals surface area contributed by atoms with E-state index in [4.69, 9.17) is 0 Å². The van der Waals surface area contributed by atoms with Crippen LogP contribution in [-0.4, -0.2) is 37.5 Å². The van der Waals surface area contributed by atoms with Crippen molar-refractivity contribution in [2.75, 3.05) is 16.5 Å². The number of hydrogen-bond donors (Lipinski definition) is 3. The van der Waals surface area contributed by atoms with Gasteiger partial charge in [-0.1, -0.05) is 17.8 Å². The highest BCUT2D eigenvalue weighted by Crippen LogP contribution is 2.15. The van der Waals surface area contributed by atoms with Crippen molar-refractivity contribution in [3.63, 3.8) is 0 Å². The Balaban J connectivity index is 1.50. The number of halogens is 1. The molecule has 2 aromatic heterocycles. The molecule has 3 N–H and O–H groups in total. The molecule has 0 bridgehead atoms. The van der Waals surface area contributed by atoms with E-state index in [0.29, 0.717) is 16.8 Å². The minimum absolute atomic E-state index is 0.0904. The van der Waals surface area contributed by atoms with Crippen LogP contribution in [0, 0.1) is 5.82 Å². The monoisotopic (exact) mass is 385 g/mol. The van der Waals surface area contributed by atoms with Crippen molar-refractivity contribution in [1.29, 1.82) is 0 Å². The van der Waals surface area contributed by atoms with Crippen LogP contribution in [0.5, 0.6) is 0 Å². The molecule has 0 radical (unpaired) electrons. The van der Waals surface area contributed by atoms with E-state index in [1.54, 1.807) is 18.5 Å². The fourth-order valence-corrected chi connectivity index (χ4v) is 2.65. The lowest BCUT2D eigenvalue weighted by Crippen LogP contribution is -2.14. The number of hydrazone groups is 1. The Bertz CT molecular complexity index is 945. The number of hydrogen-bond acceptors (Lipinski definition) is 7. The van der Waals surface area contributed by atoms with Crippen molar-refractivity contribution in [2.24, 2.45) is 5.10 Å². The first-order valence-corrected chi connectivity index (χ1v) is 8.90. The van der Waals surface area contributed by atoms with Gasteiger partial charge < -0.3 is 5.32 Å². The third kappa shape index (κ3) is 5.61. The number of thioether (sulfide) groups is 1. The molecule has 3 aromatic rings. The van der Waals surface area contributed by atoms with Gasteiger partial charge in [-0.2, -0.15) is 10.1 Å². The number of pyridine rings is 1. The van der Waals surface area contributed by atoms with E-state index in [2.05, 4.69) is 36.0 Å². The number of amides is 1. The molecule has 0 unspecified atom stereocenters. The molecule has 8 nitrogen and oxygen atoms in total. The van der Waals surface area contributed by atoms with E-state index < -0.39 is 5.82 Å². The normalized spacial score (nSPS) is 11.3. The summed E-state index contributed by atoms with van der Waals surface area (Å²) >= 11 is 1.15. The maximum atomic E-state index is 13.1. The van der Waals surface area contributed by atoms with Crippen LogP contribution in [0.4, 0.5) is 16.0 Å². The number of anilines is 2. The molecular weight excluding hydrogens is 369 g/mol. The van der Waals surface area contributed by atoms with Crippen LogP contribution < -0.4 is 10.7 Å². The predicted octanol–water partition coefficient (Wildman–Crippen LogP) is 2.91. The number of aromatic amines is 1. The molecule has 0 aliphatic rings. The average Bonchev–Trinajstić information content (AvgIpc) is 3.13. The minimum atomic E-state index is -0.409. The maximum absolute atomic E-state index is 13.1. The molecule has 0 spiro atoms. The molecule has 0 saturated heterocycles. The van der Waals surface area contributed by atoms with Crippen molar-refractivity contribution in [2.45, 2.75) is 12.1 Å². The number of carbonyl (C=O) groups excluding carboxylic acids is 1. The van der Waals surface area contributed by atoms with Gasteiger partial charge in [-0.05, 0) is 37.3 Å². The van der Waals surface area contributed by atoms with Crippen molar-refractivity contribution in [3.05, 3.63) is 60.2 Å². The van der Waals surface area contributed by atoms with E-state index in [0.717, 1.165) is 23.0 Å². The number of carbonyl (C=O) groups is 1. The van der Waals surface area contributed by atoms with E-state index >= 15 is 0 Å². The summed E-state index contributed by atoms with van der Waals surface area (Å²) < 4.78 is 13.1. The summed E-state index contributed by atoms with van der Waals surface area (Å²) in [7, 11) is 0. The third-order valence-electron chi connectivity index (χ3n) is 3.33. The maximum Gasteiger partial charge on any atom is 0.240 e. The zero-order valence-electron chi connectivity index (χ0n) is 14.3. The molecule has 1 amide bonds. The van der Waals surface area contributed by atoms with Crippen LogP contribution in [0.25, 0.3) is 0 Å². The lowest BCUT2D eigenvalue weighted by molar-refractivity contribution is -0.113. The van der Waals surface area contributed by atoms with Crippen LogP contribution in [0.3, 0.4) is 0 Å². The highest BCUT2D eigenvalue weighted by Gasteiger charge is 2.08. The molecule has 2 heterocycles. The summed E-state index contributed by atoms with van der Waals surface area (Å²) in [6, 6.07) is 9.40. The molecule has 10 heteroatoms. The van der Waals surface area contributed by atoms with E-state index in [1.165, 1.54) is 18.2 Å². The fraction of sp³-hybridized carbons (Fsp3) is 0.118. The molecule has 1 aromatic carbocycles. The van der Waals surface area contributed by atoms with Crippen LogP contribution in [-0.2, 0) is 4.79 Å². The van der Waals surface area contributed by atoms with Crippen LogP contribution in [0.2, 0.25) is 0 Å². The van der Waals surface area contributed by atoms with Crippen molar-refractivity contribution in [1.82, 2.24) is 20.2 Å². The van der Waals surface area contributed by atoms with Crippen LogP contribution in [0.1, 0.15) is 12.5 Å². The van der Waals surface area contributed by atoms with Gasteiger partial charge in [0.15, 0.2) is 0 Å². The highest BCUT2D eigenvalue weighted by atomic mass is 32.2. The first-order chi connectivity index (χ1) is 13.1. The first kappa shape index (κ1) is 18.5. The number of rotatable bonds is 7. The van der Waals surface area contributed by atoms with E-state index in [9.17, 15) is 9.18 Å². The van der Waals surface area contributed by atoms with Crippen LogP contribution in [0.15, 0.2) is 59.0 Å². The number of nitrogens with zero attached hydrogens (tertiary/aromatic N) is 4. The summed E-state index contributed by atoms with van der Waals surface area (Å²) in [6.07, 6.45) is 3.37. The van der Waals surface area contributed by atoms with Crippen LogP contribution >= 0.6 is 11.8 Å². The molecular formula is C17H16FN7OS. The van der Waals surface area contributed by atoms with Gasteiger partial charge in [0.05, 0.1) is 11.5 Å². The molecule has 0 aliphatic carbocycles. The van der Waals surface area contributed by atoms with Gasteiger partial charge in [0, 0.05) is 23.6 Å².